The smallest absolute Gasteiger partial charge is 0.326 e. The Morgan fingerprint density at radius 3 is 2.09 bits per heavy atom. The Morgan fingerprint density at radius 2 is 1.59 bits per heavy atom. The van der Waals surface area contributed by atoms with E-state index in [4.69, 9.17) is 9.16 Å². The van der Waals surface area contributed by atoms with E-state index in [1.165, 1.54) is 10.4 Å². The monoisotopic (exact) mass is 592 g/mol. The number of hydrogen-bond acceptors (Lipinski definition) is 4. The first-order valence-corrected chi connectivity index (χ1v) is 14.7. The van der Waals surface area contributed by atoms with E-state index in [0.717, 1.165) is 0 Å². The standard InChI is InChI=1S/C26H33IN2O4Si/c1-18-21(16-22(32-18)29-17-26(5,27)23(30)28-24(29)31)33-34(25(2,3)4,19-12-8-6-9-13-19)20-14-10-7-11-15-20/h6-15,18,21-22H,16-17H2,1-5H3,(H,28,30,31)/t18-,21+,22-,26?/m1/s1. The van der Waals surface area contributed by atoms with Gasteiger partial charge in [-0.15, -0.1) is 0 Å². The fourth-order valence-electron chi connectivity index (χ4n) is 5.04. The van der Waals surface area contributed by atoms with Crippen LogP contribution >= 0.6 is 22.6 Å². The number of nitrogens with zero attached hydrogens (tertiary/aromatic N) is 1. The Hall–Kier alpha value is -1.75. The average molecular weight is 593 g/mol. The van der Waals surface area contributed by atoms with E-state index in [-0.39, 0.29) is 23.2 Å². The van der Waals surface area contributed by atoms with Crippen LogP contribution in [0, 0.1) is 0 Å². The molecule has 0 radical (unpaired) electrons. The van der Waals surface area contributed by atoms with Crippen LogP contribution in [0.5, 0.6) is 0 Å². The zero-order valence-electron chi connectivity index (χ0n) is 20.4. The molecule has 4 atom stereocenters. The molecule has 2 aliphatic rings. The summed E-state index contributed by atoms with van der Waals surface area (Å²) in [6, 6.07) is 20.7. The van der Waals surface area contributed by atoms with Gasteiger partial charge in [-0.2, -0.15) is 0 Å². The Morgan fingerprint density at radius 1 is 1.06 bits per heavy atom. The van der Waals surface area contributed by atoms with Crippen LogP contribution in [0.15, 0.2) is 60.7 Å². The van der Waals surface area contributed by atoms with Crippen LogP contribution in [0.3, 0.4) is 0 Å². The van der Waals surface area contributed by atoms with Gasteiger partial charge in [0.15, 0.2) is 0 Å². The lowest BCUT2D eigenvalue weighted by molar-refractivity contribution is -0.125. The first-order valence-electron chi connectivity index (χ1n) is 11.7. The van der Waals surface area contributed by atoms with Crippen LogP contribution in [0.1, 0.15) is 41.0 Å². The van der Waals surface area contributed by atoms with Crippen molar-refractivity contribution in [2.75, 3.05) is 6.54 Å². The number of amides is 3. The molecule has 0 saturated carbocycles. The van der Waals surface area contributed by atoms with E-state index < -0.39 is 24.0 Å². The zero-order chi connectivity index (χ0) is 24.7. The molecule has 4 rings (SSSR count). The second-order valence-corrected chi connectivity index (χ2v) is 17.1. The van der Waals surface area contributed by atoms with Crippen LogP contribution in [0.4, 0.5) is 4.79 Å². The van der Waals surface area contributed by atoms with E-state index in [1.54, 1.807) is 4.90 Å². The van der Waals surface area contributed by atoms with Crippen molar-refractivity contribution >= 4 is 53.2 Å². The molecule has 2 aromatic carbocycles. The van der Waals surface area contributed by atoms with Gasteiger partial charge in [0.2, 0.25) is 5.91 Å². The van der Waals surface area contributed by atoms with E-state index >= 15 is 0 Å². The quantitative estimate of drug-likeness (QED) is 0.326. The van der Waals surface area contributed by atoms with Crippen LogP contribution < -0.4 is 15.7 Å². The highest BCUT2D eigenvalue weighted by atomic mass is 127. The maximum Gasteiger partial charge on any atom is 0.326 e. The minimum absolute atomic E-state index is 0.150. The molecule has 2 aliphatic heterocycles. The second kappa shape index (κ2) is 9.37. The van der Waals surface area contributed by atoms with E-state index in [1.807, 2.05) is 26.0 Å². The van der Waals surface area contributed by atoms with Gasteiger partial charge in [-0.1, -0.05) is 104 Å². The maximum atomic E-state index is 12.7. The summed E-state index contributed by atoms with van der Waals surface area (Å²) in [6.07, 6.45) is -0.278. The fourth-order valence-corrected chi connectivity index (χ4v) is 10.3. The highest BCUT2D eigenvalue weighted by Gasteiger charge is 2.54. The predicted octanol–water partition coefficient (Wildman–Crippen LogP) is 3.81. The van der Waals surface area contributed by atoms with Crippen molar-refractivity contribution in [2.45, 2.75) is 67.9 Å². The van der Waals surface area contributed by atoms with Crippen LogP contribution in [0.2, 0.25) is 5.04 Å². The minimum atomic E-state index is -2.75. The lowest BCUT2D eigenvalue weighted by atomic mass is 10.1. The van der Waals surface area contributed by atoms with E-state index in [9.17, 15) is 9.59 Å². The van der Waals surface area contributed by atoms with Crippen molar-refractivity contribution in [3.8, 4) is 0 Å². The summed E-state index contributed by atoms with van der Waals surface area (Å²) >= 11 is 2.10. The number of alkyl halides is 1. The highest BCUT2D eigenvalue weighted by molar-refractivity contribution is 14.1. The summed E-state index contributed by atoms with van der Waals surface area (Å²) in [5, 5.41) is 4.76. The van der Waals surface area contributed by atoms with Crippen molar-refractivity contribution in [1.82, 2.24) is 10.2 Å². The Balaban J connectivity index is 1.69. The summed E-state index contributed by atoms with van der Waals surface area (Å²) in [4.78, 5) is 26.5. The molecule has 1 unspecified atom stereocenters. The predicted molar refractivity (Wildman–Crippen MR) is 144 cm³/mol. The molecular formula is C26H33IN2O4Si. The number of ether oxygens (including phenoxy) is 1. The number of urea groups is 1. The third-order valence-electron chi connectivity index (χ3n) is 6.84. The summed E-state index contributed by atoms with van der Waals surface area (Å²) < 4.78 is 12.9. The van der Waals surface area contributed by atoms with E-state index in [2.05, 4.69) is 97.2 Å². The number of carbonyl (C=O) groups excluding carboxylic acids is 2. The van der Waals surface area contributed by atoms with Gasteiger partial charge in [0.05, 0.1) is 12.2 Å². The number of halogens is 1. The van der Waals surface area contributed by atoms with Crippen molar-refractivity contribution in [3.05, 3.63) is 60.7 Å². The number of rotatable bonds is 5. The molecule has 182 valence electrons. The summed E-state index contributed by atoms with van der Waals surface area (Å²) in [7, 11) is -2.75. The molecule has 0 aromatic heterocycles. The first-order chi connectivity index (χ1) is 16.0. The SMILES string of the molecule is C[C@H]1O[C@@H](N2CC(C)(I)C(=O)NC2=O)C[C@@H]1O[Si](c1ccccc1)(c1ccccc1)C(C)(C)C. The third-order valence-corrected chi connectivity index (χ3v) is 12.7. The number of benzene rings is 2. The lowest BCUT2D eigenvalue weighted by Crippen LogP contribution is -2.68. The van der Waals surface area contributed by atoms with Gasteiger partial charge in [-0.3, -0.25) is 15.0 Å². The van der Waals surface area contributed by atoms with Crippen LogP contribution in [0.25, 0.3) is 0 Å². The Kier molecular flexibility index (Phi) is 6.98. The minimum Gasteiger partial charge on any atom is -0.402 e. The molecule has 2 heterocycles. The Labute approximate surface area is 216 Å². The lowest BCUT2D eigenvalue weighted by Gasteiger charge is -2.45. The van der Waals surface area contributed by atoms with Gasteiger partial charge in [0, 0.05) is 13.0 Å². The molecule has 2 fully saturated rings. The second-order valence-electron chi connectivity index (χ2n) is 10.4. The van der Waals surface area contributed by atoms with Crippen LogP contribution in [-0.2, 0) is 14.0 Å². The molecule has 2 saturated heterocycles. The van der Waals surface area contributed by atoms with Crippen molar-refractivity contribution < 1.29 is 18.8 Å². The normalized spacial score (nSPS) is 28.2. The number of nitrogens with one attached hydrogen (secondary N) is 1. The Bertz CT molecular complexity index is 1000. The van der Waals surface area contributed by atoms with Crippen molar-refractivity contribution in [1.29, 1.82) is 0 Å². The fraction of sp³-hybridized carbons (Fsp3) is 0.462. The van der Waals surface area contributed by atoms with Crippen LogP contribution in [-0.4, -0.2) is 53.6 Å². The molecule has 0 spiro atoms. The molecule has 2 aromatic rings. The molecule has 1 N–H and O–H groups in total. The van der Waals surface area contributed by atoms with Gasteiger partial charge >= 0.3 is 6.03 Å². The maximum absolute atomic E-state index is 12.7. The molecular weight excluding hydrogens is 559 g/mol. The molecule has 0 bridgehead atoms. The van der Waals surface area contributed by atoms with E-state index in [0.29, 0.717) is 13.0 Å². The number of carbonyl (C=O) groups is 2. The molecule has 34 heavy (non-hydrogen) atoms. The first kappa shape index (κ1) is 25.3. The van der Waals surface area contributed by atoms with Gasteiger partial charge in [0.25, 0.3) is 8.32 Å². The van der Waals surface area contributed by atoms with Crippen molar-refractivity contribution in [3.63, 3.8) is 0 Å². The zero-order valence-corrected chi connectivity index (χ0v) is 23.5. The number of imide groups is 1. The van der Waals surface area contributed by atoms with Gasteiger partial charge in [-0.25, -0.2) is 4.79 Å². The number of hydrogen-bond donors (Lipinski definition) is 1. The molecule has 3 amide bonds. The molecule has 0 aliphatic carbocycles. The summed E-state index contributed by atoms with van der Waals surface area (Å²) in [5.41, 5.74) is 0. The van der Waals surface area contributed by atoms with Gasteiger partial charge in [0.1, 0.15) is 9.65 Å². The molecule has 8 heteroatoms. The third kappa shape index (κ3) is 4.57. The van der Waals surface area contributed by atoms with Crippen molar-refractivity contribution in [2.24, 2.45) is 0 Å². The van der Waals surface area contributed by atoms with Gasteiger partial charge < -0.3 is 9.16 Å². The summed E-state index contributed by atoms with van der Waals surface area (Å²) in [6.45, 7) is 10.9. The molecule has 6 nitrogen and oxygen atoms in total. The largest absolute Gasteiger partial charge is 0.402 e. The summed E-state index contributed by atoms with van der Waals surface area (Å²) in [5.74, 6) is -0.263. The average Bonchev–Trinajstić information content (AvgIpc) is 3.15. The van der Waals surface area contributed by atoms with Gasteiger partial charge in [-0.05, 0) is 29.3 Å². The topological polar surface area (TPSA) is 67.9 Å². The highest BCUT2D eigenvalue weighted by Crippen LogP contribution is 2.40.